The number of carbonyl (C=O) groups excluding carboxylic acids is 2. The SMILES string of the molecule is Cc1cc(N(CCOC(=O)C(C)C)CCOC(=O)C(C)C)ccc1/N=N/c1snc(C)c1C#N. The Balaban J connectivity index is 2.15. The Hall–Kier alpha value is -3.32. The first-order chi connectivity index (χ1) is 16.1. The fourth-order valence-electron chi connectivity index (χ4n) is 2.82. The molecule has 0 atom stereocenters. The molecule has 0 fully saturated rings. The van der Waals surface area contributed by atoms with Crippen LogP contribution in [0.25, 0.3) is 0 Å². The molecule has 0 aliphatic carbocycles. The molecule has 0 aliphatic rings. The van der Waals surface area contributed by atoms with Crippen LogP contribution in [-0.2, 0) is 19.1 Å². The van der Waals surface area contributed by atoms with Gasteiger partial charge in [0.2, 0.25) is 0 Å². The molecule has 0 amide bonds. The summed E-state index contributed by atoms with van der Waals surface area (Å²) < 4.78 is 14.8. The van der Waals surface area contributed by atoms with E-state index in [1.165, 1.54) is 0 Å². The number of esters is 2. The van der Waals surface area contributed by atoms with Crippen LogP contribution >= 0.6 is 11.5 Å². The summed E-state index contributed by atoms with van der Waals surface area (Å²) in [6, 6.07) is 7.78. The van der Waals surface area contributed by atoms with Gasteiger partial charge in [-0.1, -0.05) is 27.7 Å². The number of anilines is 1. The lowest BCUT2D eigenvalue weighted by Gasteiger charge is -2.25. The number of benzene rings is 1. The molecule has 2 aromatic rings. The summed E-state index contributed by atoms with van der Waals surface area (Å²) in [5.74, 6) is -0.909. The zero-order valence-electron chi connectivity index (χ0n) is 20.5. The third kappa shape index (κ3) is 7.63. The molecular formula is C24H31N5O4S. The maximum Gasteiger partial charge on any atom is 0.308 e. The molecule has 0 N–H and O–H groups in total. The Morgan fingerprint density at radius 2 is 1.65 bits per heavy atom. The molecule has 2 rings (SSSR count). The molecule has 0 aliphatic heterocycles. The van der Waals surface area contributed by atoms with Crippen LogP contribution in [-0.4, -0.2) is 42.6 Å². The first kappa shape index (κ1) is 26.9. The minimum atomic E-state index is -0.256. The van der Waals surface area contributed by atoms with Crippen molar-refractivity contribution in [1.82, 2.24) is 4.37 Å². The number of ether oxygens (including phenoxy) is 2. The molecule has 1 heterocycles. The van der Waals surface area contributed by atoms with Crippen LogP contribution in [0.15, 0.2) is 28.4 Å². The van der Waals surface area contributed by atoms with Gasteiger partial charge in [0.25, 0.3) is 0 Å². The molecule has 0 spiro atoms. The van der Waals surface area contributed by atoms with Crippen molar-refractivity contribution >= 4 is 39.8 Å². The quantitative estimate of drug-likeness (QED) is 0.315. The van der Waals surface area contributed by atoms with E-state index in [0.29, 0.717) is 35.0 Å². The van der Waals surface area contributed by atoms with Crippen molar-refractivity contribution in [2.24, 2.45) is 22.1 Å². The number of aromatic nitrogens is 1. The van der Waals surface area contributed by atoms with Gasteiger partial charge in [-0.3, -0.25) is 9.59 Å². The van der Waals surface area contributed by atoms with Gasteiger partial charge in [0.1, 0.15) is 24.8 Å². The predicted octanol–water partition coefficient (Wildman–Crippen LogP) is 5.25. The van der Waals surface area contributed by atoms with E-state index >= 15 is 0 Å². The number of aryl methyl sites for hydroxylation is 2. The zero-order chi connectivity index (χ0) is 25.3. The molecule has 0 unspecified atom stereocenters. The molecular weight excluding hydrogens is 454 g/mol. The fourth-order valence-corrected chi connectivity index (χ4v) is 3.50. The monoisotopic (exact) mass is 485 g/mol. The van der Waals surface area contributed by atoms with E-state index in [0.717, 1.165) is 22.8 Å². The van der Waals surface area contributed by atoms with Crippen molar-refractivity contribution in [1.29, 1.82) is 5.26 Å². The summed E-state index contributed by atoms with van der Waals surface area (Å²) in [4.78, 5) is 25.6. The lowest BCUT2D eigenvalue weighted by Crippen LogP contribution is -2.33. The predicted molar refractivity (Wildman–Crippen MR) is 131 cm³/mol. The minimum absolute atomic E-state index is 0.198. The smallest absolute Gasteiger partial charge is 0.308 e. The average Bonchev–Trinajstić information content (AvgIpc) is 3.15. The van der Waals surface area contributed by atoms with E-state index in [1.807, 2.05) is 30.0 Å². The van der Waals surface area contributed by atoms with Gasteiger partial charge >= 0.3 is 11.9 Å². The summed E-state index contributed by atoms with van der Waals surface area (Å²) in [6.07, 6.45) is 0. The molecule has 182 valence electrons. The van der Waals surface area contributed by atoms with E-state index in [-0.39, 0.29) is 37.0 Å². The molecule has 10 heteroatoms. The third-order valence-electron chi connectivity index (χ3n) is 4.90. The van der Waals surface area contributed by atoms with Crippen molar-refractivity contribution in [3.8, 4) is 6.07 Å². The van der Waals surface area contributed by atoms with Gasteiger partial charge in [0.15, 0.2) is 5.00 Å². The second kappa shape index (κ2) is 12.8. The number of hydrogen-bond acceptors (Lipinski definition) is 10. The number of hydrogen-bond donors (Lipinski definition) is 0. The number of nitriles is 1. The van der Waals surface area contributed by atoms with Gasteiger partial charge in [0.05, 0.1) is 36.3 Å². The summed E-state index contributed by atoms with van der Waals surface area (Å²) in [5.41, 5.74) is 3.49. The second-order valence-corrected chi connectivity index (χ2v) is 9.11. The van der Waals surface area contributed by atoms with Crippen molar-refractivity contribution in [3.05, 3.63) is 35.0 Å². The van der Waals surface area contributed by atoms with Crippen molar-refractivity contribution in [2.45, 2.75) is 41.5 Å². The van der Waals surface area contributed by atoms with Gasteiger partial charge in [-0.05, 0) is 49.1 Å². The fraction of sp³-hybridized carbons (Fsp3) is 0.500. The average molecular weight is 486 g/mol. The maximum atomic E-state index is 11.8. The molecule has 1 aromatic heterocycles. The maximum absolute atomic E-state index is 11.8. The van der Waals surface area contributed by atoms with E-state index in [2.05, 4.69) is 20.7 Å². The largest absolute Gasteiger partial charge is 0.464 e. The van der Waals surface area contributed by atoms with Gasteiger partial charge < -0.3 is 14.4 Å². The molecule has 9 nitrogen and oxygen atoms in total. The van der Waals surface area contributed by atoms with Crippen molar-refractivity contribution in [2.75, 3.05) is 31.2 Å². The zero-order valence-corrected chi connectivity index (χ0v) is 21.3. The highest BCUT2D eigenvalue weighted by Gasteiger charge is 2.14. The minimum Gasteiger partial charge on any atom is -0.464 e. The van der Waals surface area contributed by atoms with Crippen LogP contribution < -0.4 is 4.90 Å². The van der Waals surface area contributed by atoms with Crippen molar-refractivity contribution in [3.63, 3.8) is 0 Å². The normalized spacial score (nSPS) is 11.1. The molecule has 1 aromatic carbocycles. The van der Waals surface area contributed by atoms with Crippen LogP contribution in [0.2, 0.25) is 0 Å². The van der Waals surface area contributed by atoms with Gasteiger partial charge in [-0.2, -0.15) is 9.64 Å². The summed E-state index contributed by atoms with van der Waals surface area (Å²) in [5, 5.41) is 18.2. The Morgan fingerprint density at radius 3 is 2.15 bits per heavy atom. The van der Waals surface area contributed by atoms with E-state index in [9.17, 15) is 14.9 Å². The summed E-state index contributed by atoms with van der Waals surface area (Å²) in [6.45, 7) is 12.2. The van der Waals surface area contributed by atoms with Crippen LogP contribution in [0.5, 0.6) is 0 Å². The van der Waals surface area contributed by atoms with Crippen LogP contribution in [0.1, 0.15) is 44.5 Å². The highest BCUT2D eigenvalue weighted by Crippen LogP contribution is 2.31. The summed E-state index contributed by atoms with van der Waals surface area (Å²) >= 11 is 1.14. The van der Waals surface area contributed by atoms with E-state index in [4.69, 9.17) is 9.47 Å². The molecule has 0 saturated carbocycles. The van der Waals surface area contributed by atoms with Crippen LogP contribution in [0.4, 0.5) is 16.4 Å². The first-order valence-electron chi connectivity index (χ1n) is 11.1. The van der Waals surface area contributed by atoms with Gasteiger partial charge in [-0.25, -0.2) is 0 Å². The Bertz CT molecular complexity index is 1050. The van der Waals surface area contributed by atoms with Gasteiger partial charge in [0, 0.05) is 5.69 Å². The Kier molecular flexibility index (Phi) is 10.1. The Labute approximate surface area is 204 Å². The Morgan fingerprint density at radius 1 is 1.06 bits per heavy atom. The number of carbonyl (C=O) groups is 2. The molecule has 34 heavy (non-hydrogen) atoms. The molecule has 0 bridgehead atoms. The third-order valence-corrected chi connectivity index (χ3v) is 5.73. The highest BCUT2D eigenvalue weighted by atomic mass is 32.1. The van der Waals surface area contributed by atoms with Gasteiger partial charge in [-0.15, -0.1) is 10.2 Å². The number of azo groups is 1. The van der Waals surface area contributed by atoms with Crippen molar-refractivity contribution < 1.29 is 19.1 Å². The second-order valence-electron chi connectivity index (χ2n) is 8.36. The highest BCUT2D eigenvalue weighted by molar-refractivity contribution is 7.10. The molecule has 0 radical (unpaired) electrons. The van der Waals surface area contributed by atoms with E-state index < -0.39 is 0 Å². The van der Waals surface area contributed by atoms with Crippen LogP contribution in [0, 0.1) is 37.0 Å². The number of rotatable bonds is 11. The van der Waals surface area contributed by atoms with E-state index in [1.54, 1.807) is 34.6 Å². The summed E-state index contributed by atoms with van der Waals surface area (Å²) in [7, 11) is 0. The standard InChI is InChI=1S/C24H31N5O4S/c1-15(2)23(30)32-11-9-29(10-12-33-24(31)16(3)4)19-7-8-21(17(5)13-19)26-27-22-20(14-25)18(6)28-34-22/h7-8,13,15-16H,9-12H2,1-6H3/b27-26+. The topological polar surface area (TPSA) is 117 Å². The molecule has 0 saturated heterocycles. The number of nitrogens with zero attached hydrogens (tertiary/aromatic N) is 5. The first-order valence-corrected chi connectivity index (χ1v) is 11.9. The lowest BCUT2D eigenvalue weighted by molar-refractivity contribution is -0.147. The van der Waals surface area contributed by atoms with Crippen LogP contribution in [0.3, 0.4) is 0 Å². The lowest BCUT2D eigenvalue weighted by atomic mass is 10.1.